The monoisotopic (exact) mass is 582 g/mol. The molecule has 220 valence electrons. The molecule has 3 aromatic carbocycles. The number of carbonyl (C=O) groups excluding carboxylic acids is 4. The fourth-order valence-electron chi connectivity index (χ4n) is 3.62. The van der Waals surface area contributed by atoms with Gasteiger partial charge in [0.05, 0.1) is 37.2 Å². The van der Waals surface area contributed by atoms with E-state index in [9.17, 15) is 39.3 Å². The van der Waals surface area contributed by atoms with Gasteiger partial charge in [0.2, 0.25) is 12.3 Å². The molecule has 3 aromatic rings. The van der Waals surface area contributed by atoms with Crippen LogP contribution in [0.2, 0.25) is 0 Å². The summed E-state index contributed by atoms with van der Waals surface area (Å²) in [5.41, 5.74) is -0.371. The van der Waals surface area contributed by atoms with Crippen LogP contribution in [0.3, 0.4) is 0 Å². The van der Waals surface area contributed by atoms with Crippen LogP contribution in [0.4, 0.5) is 17.1 Å². The van der Waals surface area contributed by atoms with Gasteiger partial charge in [0, 0.05) is 11.3 Å². The number of benzene rings is 3. The number of ether oxygens (including phenoxy) is 2. The van der Waals surface area contributed by atoms with Crippen LogP contribution in [-0.2, 0) is 9.59 Å². The summed E-state index contributed by atoms with van der Waals surface area (Å²) in [6, 6.07) is 10.5. The third-order valence-electron chi connectivity index (χ3n) is 5.55. The summed E-state index contributed by atoms with van der Waals surface area (Å²) in [7, 11) is 1.20. The molecule has 15 nitrogen and oxygen atoms in total. The number of aliphatic hydroxyl groups is 1. The molecule has 8 N–H and O–H groups in total. The Morgan fingerprint density at radius 2 is 1.40 bits per heavy atom. The second-order valence-corrected chi connectivity index (χ2v) is 8.29. The van der Waals surface area contributed by atoms with E-state index in [1.807, 2.05) is 0 Å². The summed E-state index contributed by atoms with van der Waals surface area (Å²) in [6.45, 7) is -0.999. The minimum absolute atomic E-state index is 0.0179. The lowest BCUT2D eigenvalue weighted by molar-refractivity contribution is -0.118. The normalized spacial score (nSPS) is 10.2. The number of rotatable bonds is 13. The Morgan fingerprint density at radius 1 is 0.810 bits per heavy atom. The van der Waals surface area contributed by atoms with Crippen molar-refractivity contribution in [3.05, 3.63) is 65.2 Å². The highest BCUT2D eigenvalue weighted by Crippen LogP contribution is 2.40. The lowest BCUT2D eigenvalue weighted by Crippen LogP contribution is -2.26. The number of aliphatic hydroxyl groups excluding tert-OH is 1. The smallest absolute Gasteiger partial charge is 0.339 e. The van der Waals surface area contributed by atoms with Crippen LogP contribution in [0.1, 0.15) is 31.1 Å². The molecule has 0 radical (unpaired) electrons. The Kier molecular flexibility index (Phi) is 10.2. The van der Waals surface area contributed by atoms with Gasteiger partial charge in [-0.1, -0.05) is 0 Å². The van der Waals surface area contributed by atoms with Gasteiger partial charge in [-0.25, -0.2) is 4.79 Å². The minimum atomic E-state index is -1.45. The number of anilines is 3. The van der Waals surface area contributed by atoms with E-state index in [1.54, 1.807) is 0 Å². The first-order valence-electron chi connectivity index (χ1n) is 12.0. The Bertz CT molecular complexity index is 1510. The number of methoxy groups -OCH3 is 1. The molecule has 0 unspecified atom stereocenters. The van der Waals surface area contributed by atoms with Crippen molar-refractivity contribution in [2.75, 3.05) is 42.8 Å². The number of carbonyl (C=O) groups is 5. The molecular formula is C27H26N4O11. The lowest BCUT2D eigenvalue weighted by atomic mass is 10.1. The number of nitrogens with one attached hydrogen (secondary N) is 4. The molecule has 0 aliphatic carbocycles. The number of amides is 4. The number of hydrogen-bond donors (Lipinski definition) is 8. The number of aromatic hydroxyl groups is 2. The average Bonchev–Trinajstić information content (AvgIpc) is 2.96. The van der Waals surface area contributed by atoms with Crippen LogP contribution in [0.25, 0.3) is 0 Å². The standard InChI is InChI=1S/C27H26N4O11/c1-41-23-18(30-25(37)14-2-4-15(5-3-14)29-20(34)12-28-13-33)8-6-16(21(23)35)26(38)31-19-9-7-17(27(39)40)22(36)24(19)42-11-10-32/h2-9,13,32,35-36H,10-12H2,1H3,(H,28,33)(H,29,34)(H,30,37)(H,31,38)(H,39,40). The van der Waals surface area contributed by atoms with Crippen LogP contribution in [0.5, 0.6) is 23.0 Å². The topological polar surface area (TPSA) is 233 Å². The summed E-state index contributed by atoms with van der Waals surface area (Å²) in [4.78, 5) is 59.1. The summed E-state index contributed by atoms with van der Waals surface area (Å²) in [6.07, 6.45) is 0.386. The molecular weight excluding hydrogens is 556 g/mol. The van der Waals surface area contributed by atoms with Gasteiger partial charge in [0.1, 0.15) is 12.2 Å². The molecule has 0 saturated carbocycles. The molecule has 0 saturated heterocycles. The zero-order chi connectivity index (χ0) is 30.8. The van der Waals surface area contributed by atoms with Crippen molar-refractivity contribution >= 4 is 47.2 Å². The van der Waals surface area contributed by atoms with E-state index in [4.69, 9.17) is 14.6 Å². The van der Waals surface area contributed by atoms with E-state index in [0.29, 0.717) is 12.1 Å². The summed E-state index contributed by atoms with van der Waals surface area (Å²) >= 11 is 0. The molecule has 4 amide bonds. The molecule has 3 rings (SSSR count). The summed E-state index contributed by atoms with van der Waals surface area (Å²) < 4.78 is 10.4. The molecule has 42 heavy (non-hydrogen) atoms. The number of hydrogen-bond acceptors (Lipinski definition) is 10. The van der Waals surface area contributed by atoms with E-state index in [1.165, 1.54) is 43.5 Å². The number of carboxylic acid groups (broad SMARTS) is 1. The molecule has 0 fully saturated rings. The third kappa shape index (κ3) is 7.22. The largest absolute Gasteiger partial charge is 0.504 e. The van der Waals surface area contributed by atoms with Gasteiger partial charge in [0.25, 0.3) is 11.8 Å². The Balaban J connectivity index is 1.80. The first kappa shape index (κ1) is 30.7. The van der Waals surface area contributed by atoms with Crippen LogP contribution in [-0.4, -0.2) is 77.4 Å². The van der Waals surface area contributed by atoms with Gasteiger partial charge in [-0.3, -0.25) is 19.2 Å². The van der Waals surface area contributed by atoms with Gasteiger partial charge >= 0.3 is 5.97 Å². The van der Waals surface area contributed by atoms with E-state index < -0.39 is 53.1 Å². The van der Waals surface area contributed by atoms with E-state index in [-0.39, 0.29) is 41.4 Å². The highest BCUT2D eigenvalue weighted by atomic mass is 16.5. The van der Waals surface area contributed by atoms with E-state index in [2.05, 4.69) is 21.3 Å². The average molecular weight is 583 g/mol. The van der Waals surface area contributed by atoms with Gasteiger partial charge in [-0.15, -0.1) is 0 Å². The van der Waals surface area contributed by atoms with Crippen molar-refractivity contribution in [3.63, 3.8) is 0 Å². The highest BCUT2D eigenvalue weighted by molar-refractivity contribution is 6.10. The number of aromatic carboxylic acids is 1. The maximum atomic E-state index is 13.0. The summed E-state index contributed by atoms with van der Waals surface area (Å²) in [5.74, 6) is -5.50. The number of carboxylic acids is 1. The van der Waals surface area contributed by atoms with Gasteiger partial charge < -0.3 is 51.2 Å². The second-order valence-electron chi connectivity index (χ2n) is 8.29. The minimum Gasteiger partial charge on any atom is -0.504 e. The highest BCUT2D eigenvalue weighted by Gasteiger charge is 2.24. The molecule has 15 heteroatoms. The molecule has 0 heterocycles. The molecule has 0 aliphatic rings. The zero-order valence-corrected chi connectivity index (χ0v) is 22.0. The fraction of sp³-hybridized carbons (Fsp3) is 0.148. The molecule has 0 aromatic heterocycles. The molecule has 0 aliphatic heterocycles. The van der Waals surface area contributed by atoms with E-state index >= 15 is 0 Å². The zero-order valence-electron chi connectivity index (χ0n) is 22.0. The van der Waals surface area contributed by atoms with Gasteiger partial charge in [0.15, 0.2) is 23.0 Å². The van der Waals surface area contributed by atoms with Crippen molar-refractivity contribution in [1.29, 1.82) is 0 Å². The van der Waals surface area contributed by atoms with Crippen molar-refractivity contribution in [2.45, 2.75) is 0 Å². The van der Waals surface area contributed by atoms with Crippen LogP contribution >= 0.6 is 0 Å². The summed E-state index contributed by atoms with van der Waals surface area (Å²) in [5, 5.41) is 49.1. The third-order valence-corrected chi connectivity index (χ3v) is 5.55. The van der Waals surface area contributed by atoms with Crippen molar-refractivity contribution in [1.82, 2.24) is 5.32 Å². The molecule has 0 atom stereocenters. The Morgan fingerprint density at radius 3 is 2.00 bits per heavy atom. The molecule has 0 bridgehead atoms. The first-order chi connectivity index (χ1) is 20.1. The molecule has 0 spiro atoms. The van der Waals surface area contributed by atoms with Crippen molar-refractivity contribution < 1.29 is 53.9 Å². The lowest BCUT2D eigenvalue weighted by Gasteiger charge is -2.17. The quantitative estimate of drug-likeness (QED) is 0.134. The van der Waals surface area contributed by atoms with Gasteiger partial charge in [-0.2, -0.15) is 0 Å². The van der Waals surface area contributed by atoms with Crippen LogP contribution in [0, 0.1) is 0 Å². The second kappa shape index (κ2) is 14.0. The van der Waals surface area contributed by atoms with Crippen LogP contribution < -0.4 is 30.7 Å². The van der Waals surface area contributed by atoms with Gasteiger partial charge in [-0.05, 0) is 48.5 Å². The number of phenolic OH excluding ortho intramolecular Hbond substituents is 1. The van der Waals surface area contributed by atoms with Crippen molar-refractivity contribution in [2.24, 2.45) is 0 Å². The Hall–Kier alpha value is -5.83. The maximum Gasteiger partial charge on any atom is 0.339 e. The Labute approximate surface area is 237 Å². The van der Waals surface area contributed by atoms with Crippen LogP contribution in [0.15, 0.2) is 48.5 Å². The predicted molar refractivity (Wildman–Crippen MR) is 147 cm³/mol. The predicted octanol–water partition coefficient (Wildman–Crippen LogP) is 1.36. The van der Waals surface area contributed by atoms with Crippen molar-refractivity contribution in [3.8, 4) is 23.0 Å². The van der Waals surface area contributed by atoms with E-state index in [0.717, 1.165) is 12.1 Å². The SMILES string of the molecule is COc1c(NC(=O)c2ccc(NC(=O)CNC=O)cc2)ccc(C(=O)Nc2ccc(C(=O)O)c(O)c2OCCO)c1O. The number of phenols is 2. The first-order valence-corrected chi connectivity index (χ1v) is 12.0. The maximum absolute atomic E-state index is 13.0. The fourth-order valence-corrected chi connectivity index (χ4v) is 3.62.